The molecule has 0 unspecified atom stereocenters. The van der Waals surface area contributed by atoms with Gasteiger partial charge in [0.1, 0.15) is 24.5 Å². The molecule has 3 N–H and O–H groups in total. The van der Waals surface area contributed by atoms with Gasteiger partial charge in [-0.05, 0) is 60.4 Å². The average Bonchev–Trinajstić information content (AvgIpc) is 3.55. The largest absolute Gasteiger partial charge is 0.487 e. The standard InChI is InChI=1S/C30H29N3O4/c1-30(2,36)22-9-6-19(7-10-22)27-15-25-24(4-3-5-26(25)32-27)20-8-11-28(21(14-20)16-31)37-23-12-13-33(17-23)29(35)18-34/h3-11,14-15,23,32,34,36H,12-13,17-18H2,1-2H3/t23-/m1/s1. The summed E-state index contributed by atoms with van der Waals surface area (Å²) in [6.07, 6.45) is 0.438. The van der Waals surface area contributed by atoms with Gasteiger partial charge in [0.2, 0.25) is 5.91 Å². The second kappa shape index (κ2) is 9.74. The van der Waals surface area contributed by atoms with Crippen molar-refractivity contribution in [2.45, 2.75) is 32.0 Å². The third-order valence-electron chi connectivity index (χ3n) is 6.90. The van der Waals surface area contributed by atoms with E-state index in [0.29, 0.717) is 30.8 Å². The summed E-state index contributed by atoms with van der Waals surface area (Å²) in [7, 11) is 0. The molecule has 0 spiro atoms. The number of aromatic nitrogens is 1. The summed E-state index contributed by atoms with van der Waals surface area (Å²) in [5.41, 5.74) is 5.25. The molecule has 0 aliphatic carbocycles. The Hall–Kier alpha value is -4.12. The van der Waals surface area contributed by atoms with Gasteiger partial charge in [-0.15, -0.1) is 0 Å². The summed E-state index contributed by atoms with van der Waals surface area (Å²) in [4.78, 5) is 16.8. The summed E-state index contributed by atoms with van der Waals surface area (Å²) in [5, 5.41) is 30.2. The van der Waals surface area contributed by atoms with Crippen LogP contribution in [0.4, 0.5) is 0 Å². The van der Waals surface area contributed by atoms with Crippen molar-refractivity contribution in [1.29, 1.82) is 5.26 Å². The number of nitriles is 1. The highest BCUT2D eigenvalue weighted by atomic mass is 16.5. The Morgan fingerprint density at radius 3 is 2.59 bits per heavy atom. The Balaban J connectivity index is 1.43. The van der Waals surface area contributed by atoms with E-state index >= 15 is 0 Å². The second-order valence-corrected chi connectivity index (χ2v) is 9.94. The van der Waals surface area contributed by atoms with Gasteiger partial charge in [0.15, 0.2) is 0 Å². The molecule has 5 rings (SSSR count). The number of hydrogen-bond acceptors (Lipinski definition) is 5. The van der Waals surface area contributed by atoms with Crippen molar-refractivity contribution in [1.82, 2.24) is 9.88 Å². The van der Waals surface area contributed by atoms with E-state index in [2.05, 4.69) is 17.1 Å². The summed E-state index contributed by atoms with van der Waals surface area (Å²) in [6, 6.07) is 23.8. The molecular formula is C30H29N3O4. The number of aliphatic hydroxyl groups is 2. The maximum atomic E-state index is 11.7. The van der Waals surface area contributed by atoms with Gasteiger partial charge in [0, 0.05) is 29.6 Å². The SMILES string of the molecule is CC(C)(O)c1ccc(-c2cc3c(-c4ccc(O[C@@H]5CCN(C(=O)CO)C5)c(C#N)c4)cccc3[nH]2)cc1. The lowest BCUT2D eigenvalue weighted by atomic mass is 9.96. The van der Waals surface area contributed by atoms with Gasteiger partial charge in [0.25, 0.3) is 0 Å². The van der Waals surface area contributed by atoms with Crippen LogP contribution < -0.4 is 4.74 Å². The van der Waals surface area contributed by atoms with Gasteiger partial charge in [-0.25, -0.2) is 0 Å². The van der Waals surface area contributed by atoms with Crippen LogP contribution in [0.25, 0.3) is 33.3 Å². The van der Waals surface area contributed by atoms with Gasteiger partial charge in [-0.3, -0.25) is 4.79 Å². The molecule has 3 aromatic carbocycles. The van der Waals surface area contributed by atoms with E-state index in [4.69, 9.17) is 9.84 Å². The van der Waals surface area contributed by atoms with Crippen molar-refractivity contribution in [3.63, 3.8) is 0 Å². The highest BCUT2D eigenvalue weighted by Crippen LogP contribution is 2.35. The normalized spacial score (nSPS) is 15.6. The molecular weight excluding hydrogens is 466 g/mol. The molecule has 1 aliphatic rings. The molecule has 1 aliphatic heterocycles. The van der Waals surface area contributed by atoms with Crippen LogP contribution in [-0.2, 0) is 10.4 Å². The number of hydrogen-bond donors (Lipinski definition) is 3. The zero-order valence-corrected chi connectivity index (χ0v) is 20.9. The number of rotatable bonds is 6. The number of likely N-dealkylation sites (tertiary alicyclic amines) is 1. The van der Waals surface area contributed by atoms with Crippen molar-refractivity contribution in [3.8, 4) is 34.2 Å². The predicted molar refractivity (Wildman–Crippen MR) is 142 cm³/mol. The molecule has 2 heterocycles. The van der Waals surface area contributed by atoms with Gasteiger partial charge < -0.3 is 24.8 Å². The van der Waals surface area contributed by atoms with E-state index in [0.717, 1.165) is 38.9 Å². The van der Waals surface area contributed by atoms with Gasteiger partial charge in [-0.1, -0.05) is 42.5 Å². The lowest BCUT2D eigenvalue weighted by Crippen LogP contribution is -2.32. The van der Waals surface area contributed by atoms with Crippen LogP contribution in [0.3, 0.4) is 0 Å². The first-order valence-electron chi connectivity index (χ1n) is 12.3. The molecule has 0 radical (unpaired) electrons. The molecule has 0 saturated carbocycles. The number of carbonyl (C=O) groups excluding carboxylic acids is 1. The zero-order valence-electron chi connectivity index (χ0n) is 20.9. The Kier molecular flexibility index (Phi) is 6.46. The van der Waals surface area contributed by atoms with Crippen molar-refractivity contribution in [2.75, 3.05) is 19.7 Å². The van der Waals surface area contributed by atoms with Crippen molar-refractivity contribution in [3.05, 3.63) is 77.9 Å². The lowest BCUT2D eigenvalue weighted by molar-refractivity contribution is -0.133. The molecule has 1 saturated heterocycles. The minimum absolute atomic E-state index is 0.216. The highest BCUT2D eigenvalue weighted by molar-refractivity contribution is 5.98. The van der Waals surface area contributed by atoms with Crippen LogP contribution in [-0.4, -0.2) is 51.8 Å². The first kappa shape index (κ1) is 24.6. The van der Waals surface area contributed by atoms with E-state index in [1.807, 2.05) is 60.7 Å². The average molecular weight is 496 g/mol. The molecule has 4 aromatic rings. The zero-order chi connectivity index (χ0) is 26.2. The van der Waals surface area contributed by atoms with E-state index in [9.17, 15) is 15.2 Å². The molecule has 1 fully saturated rings. The van der Waals surface area contributed by atoms with Crippen molar-refractivity contribution in [2.24, 2.45) is 0 Å². The smallest absolute Gasteiger partial charge is 0.248 e. The summed E-state index contributed by atoms with van der Waals surface area (Å²) in [5.74, 6) is 0.178. The number of carbonyl (C=O) groups is 1. The van der Waals surface area contributed by atoms with Crippen LogP contribution >= 0.6 is 0 Å². The molecule has 0 bridgehead atoms. The molecule has 7 heteroatoms. The molecule has 7 nitrogen and oxygen atoms in total. The maximum Gasteiger partial charge on any atom is 0.248 e. The number of ether oxygens (including phenoxy) is 1. The Labute approximate surface area is 215 Å². The second-order valence-electron chi connectivity index (χ2n) is 9.94. The van der Waals surface area contributed by atoms with E-state index < -0.39 is 12.2 Å². The fraction of sp³-hybridized carbons (Fsp3) is 0.267. The Morgan fingerprint density at radius 1 is 1.14 bits per heavy atom. The van der Waals surface area contributed by atoms with Crippen molar-refractivity contribution >= 4 is 16.8 Å². The van der Waals surface area contributed by atoms with E-state index in [-0.39, 0.29) is 12.0 Å². The minimum atomic E-state index is -0.894. The Bertz CT molecular complexity index is 1490. The summed E-state index contributed by atoms with van der Waals surface area (Å²) >= 11 is 0. The van der Waals surface area contributed by atoms with Crippen molar-refractivity contribution < 1.29 is 19.7 Å². The fourth-order valence-electron chi connectivity index (χ4n) is 4.84. The molecule has 1 aromatic heterocycles. The first-order chi connectivity index (χ1) is 17.8. The number of nitrogens with zero attached hydrogens (tertiary/aromatic N) is 2. The minimum Gasteiger partial charge on any atom is -0.487 e. The van der Waals surface area contributed by atoms with Crippen LogP contribution in [0.1, 0.15) is 31.4 Å². The number of benzene rings is 3. The monoisotopic (exact) mass is 495 g/mol. The number of aromatic amines is 1. The molecule has 37 heavy (non-hydrogen) atoms. The molecule has 188 valence electrons. The Morgan fingerprint density at radius 2 is 1.89 bits per heavy atom. The van der Waals surface area contributed by atoms with Gasteiger partial charge in [-0.2, -0.15) is 5.26 Å². The summed E-state index contributed by atoms with van der Waals surface area (Å²) in [6.45, 7) is 3.95. The predicted octanol–water partition coefficient (Wildman–Crippen LogP) is 4.57. The van der Waals surface area contributed by atoms with Crippen LogP contribution in [0.2, 0.25) is 0 Å². The molecule has 1 amide bonds. The topological polar surface area (TPSA) is 110 Å². The van der Waals surface area contributed by atoms with Crippen LogP contribution in [0, 0.1) is 11.3 Å². The number of nitrogens with one attached hydrogen (secondary N) is 1. The highest BCUT2D eigenvalue weighted by Gasteiger charge is 2.27. The summed E-state index contributed by atoms with van der Waals surface area (Å²) < 4.78 is 6.07. The fourth-order valence-corrected chi connectivity index (χ4v) is 4.84. The van der Waals surface area contributed by atoms with Gasteiger partial charge >= 0.3 is 0 Å². The van der Waals surface area contributed by atoms with E-state index in [1.165, 1.54) is 0 Å². The lowest BCUT2D eigenvalue weighted by Gasteiger charge is -2.17. The first-order valence-corrected chi connectivity index (χ1v) is 12.3. The third kappa shape index (κ3) is 4.94. The van der Waals surface area contributed by atoms with Gasteiger partial charge in [0.05, 0.1) is 17.7 Å². The van der Waals surface area contributed by atoms with Crippen LogP contribution in [0.15, 0.2) is 66.7 Å². The molecule has 1 atom stereocenters. The third-order valence-corrected chi connectivity index (χ3v) is 6.90. The van der Waals surface area contributed by atoms with Crippen LogP contribution in [0.5, 0.6) is 5.75 Å². The maximum absolute atomic E-state index is 11.7. The number of aliphatic hydroxyl groups excluding tert-OH is 1. The number of H-pyrrole nitrogens is 1. The van der Waals surface area contributed by atoms with E-state index in [1.54, 1.807) is 18.7 Å². The number of amides is 1. The number of fused-ring (bicyclic) bond motifs is 1. The quantitative estimate of drug-likeness (QED) is 0.363.